The van der Waals surface area contributed by atoms with Crippen LogP contribution in [-0.4, -0.2) is 30.2 Å². The first-order chi connectivity index (χ1) is 14.2. The fourth-order valence-electron chi connectivity index (χ4n) is 3.25. The third kappa shape index (κ3) is 3.39. The van der Waals surface area contributed by atoms with Gasteiger partial charge in [0.15, 0.2) is 0 Å². The summed E-state index contributed by atoms with van der Waals surface area (Å²) in [5.41, 5.74) is 5.14. The summed E-state index contributed by atoms with van der Waals surface area (Å²) in [5.74, 6) is 0.525. The van der Waals surface area contributed by atoms with E-state index in [2.05, 4.69) is 33.0 Å². The van der Waals surface area contributed by atoms with Crippen molar-refractivity contribution in [1.82, 2.24) is 19.7 Å². The van der Waals surface area contributed by atoms with E-state index in [0.717, 1.165) is 32.5 Å². The van der Waals surface area contributed by atoms with Crippen LogP contribution in [0.25, 0.3) is 39.1 Å². The van der Waals surface area contributed by atoms with Gasteiger partial charge >= 0.3 is 0 Å². The molecule has 5 aromatic rings. The van der Waals surface area contributed by atoms with Gasteiger partial charge in [-0.15, -0.1) is 0 Å². The Morgan fingerprint density at radius 3 is 2.59 bits per heavy atom. The average Bonchev–Trinajstić information content (AvgIpc) is 3.45. The van der Waals surface area contributed by atoms with Crippen molar-refractivity contribution in [2.24, 2.45) is 0 Å². The van der Waals surface area contributed by atoms with Gasteiger partial charge in [-0.25, -0.2) is 14.6 Å². The number of aromatic nitrogens is 4. The molecule has 29 heavy (non-hydrogen) atoms. The zero-order chi connectivity index (χ0) is 19.8. The fourth-order valence-corrected chi connectivity index (χ4v) is 4.42. The summed E-state index contributed by atoms with van der Waals surface area (Å²) in [6, 6.07) is 15.9. The maximum Gasteiger partial charge on any atom is 0.251 e. The van der Waals surface area contributed by atoms with E-state index in [9.17, 15) is 4.21 Å². The van der Waals surface area contributed by atoms with Crippen molar-refractivity contribution in [2.45, 2.75) is 4.90 Å². The van der Waals surface area contributed by atoms with Crippen molar-refractivity contribution in [3.05, 3.63) is 77.9 Å². The van der Waals surface area contributed by atoms with E-state index in [-0.39, 0.29) is 0 Å². The van der Waals surface area contributed by atoms with E-state index in [4.69, 9.17) is 4.98 Å². The Labute approximate surface area is 174 Å². The van der Waals surface area contributed by atoms with Crippen molar-refractivity contribution < 1.29 is 4.21 Å². The first-order valence-corrected chi connectivity index (χ1v) is 11.5. The number of fused-ring (bicyclic) bond motifs is 1. The lowest BCUT2D eigenvalue weighted by atomic mass is 10.0. The third-order valence-electron chi connectivity index (χ3n) is 4.75. The van der Waals surface area contributed by atoms with Gasteiger partial charge in [0.25, 0.3) is 5.95 Å². The van der Waals surface area contributed by atoms with Gasteiger partial charge in [-0.1, -0.05) is 24.3 Å². The molecule has 0 spiro atoms. The van der Waals surface area contributed by atoms with Crippen LogP contribution in [0.1, 0.15) is 0 Å². The Morgan fingerprint density at radius 2 is 1.83 bits per heavy atom. The standard InChI is InChI=1S/C22H16N4OS2/c1-29(27)18-7-5-15(6-8-18)17-11-24-26(13-17)22-23-12-20-19(16-9-10-28-14-16)3-2-4-21(20)25-22/h2-14H,1H3. The summed E-state index contributed by atoms with van der Waals surface area (Å²) < 4.78 is 13.2. The fraction of sp³-hybridized carbons (Fsp3) is 0.0455. The third-order valence-corrected chi connectivity index (χ3v) is 6.37. The molecule has 142 valence electrons. The molecule has 0 fully saturated rings. The van der Waals surface area contributed by atoms with Crippen molar-refractivity contribution >= 4 is 33.0 Å². The molecule has 2 aromatic carbocycles. The minimum atomic E-state index is -0.985. The number of rotatable bonds is 4. The molecule has 0 saturated carbocycles. The molecule has 3 heterocycles. The summed E-state index contributed by atoms with van der Waals surface area (Å²) in [5, 5.41) is 9.65. The van der Waals surface area contributed by atoms with Crippen LogP contribution in [0.5, 0.6) is 0 Å². The number of hydrogen-bond donors (Lipinski definition) is 0. The van der Waals surface area contributed by atoms with Gasteiger partial charge in [-0.3, -0.25) is 4.21 Å². The molecule has 0 N–H and O–H groups in total. The highest BCUT2D eigenvalue weighted by atomic mass is 32.2. The van der Waals surface area contributed by atoms with Crippen LogP contribution >= 0.6 is 11.3 Å². The van der Waals surface area contributed by atoms with Gasteiger partial charge in [0.1, 0.15) is 0 Å². The monoisotopic (exact) mass is 416 g/mol. The van der Waals surface area contributed by atoms with Gasteiger partial charge in [-0.2, -0.15) is 16.4 Å². The molecule has 3 aromatic heterocycles. The zero-order valence-corrected chi connectivity index (χ0v) is 17.2. The molecule has 0 radical (unpaired) electrons. The van der Waals surface area contributed by atoms with Crippen molar-refractivity contribution in [1.29, 1.82) is 0 Å². The largest absolute Gasteiger partial charge is 0.255 e. The van der Waals surface area contributed by atoms with Crippen LogP contribution < -0.4 is 0 Å². The smallest absolute Gasteiger partial charge is 0.251 e. The topological polar surface area (TPSA) is 60.7 Å². The first-order valence-electron chi connectivity index (χ1n) is 8.96. The van der Waals surface area contributed by atoms with Gasteiger partial charge in [-0.05, 0) is 51.7 Å². The lowest BCUT2D eigenvalue weighted by molar-refractivity contribution is 0.687. The van der Waals surface area contributed by atoms with Crippen LogP contribution in [0.2, 0.25) is 0 Å². The normalized spacial score (nSPS) is 12.3. The molecule has 1 unspecified atom stereocenters. The lowest BCUT2D eigenvalue weighted by Crippen LogP contribution is -2.01. The molecule has 0 amide bonds. The van der Waals surface area contributed by atoms with Crippen LogP contribution in [-0.2, 0) is 10.8 Å². The molecular formula is C22H16N4OS2. The van der Waals surface area contributed by atoms with E-state index in [0.29, 0.717) is 5.95 Å². The highest BCUT2D eigenvalue weighted by molar-refractivity contribution is 7.84. The van der Waals surface area contributed by atoms with Gasteiger partial charge in [0.2, 0.25) is 0 Å². The Balaban J connectivity index is 1.51. The molecule has 7 heteroatoms. The molecule has 0 bridgehead atoms. The SMILES string of the molecule is CS(=O)c1ccc(-c2cnn(-c3ncc4c(-c5ccsc5)cccc4n3)c2)cc1. The van der Waals surface area contributed by atoms with E-state index < -0.39 is 10.8 Å². The molecular weight excluding hydrogens is 400 g/mol. The quantitative estimate of drug-likeness (QED) is 0.416. The van der Waals surface area contributed by atoms with Crippen molar-refractivity contribution in [3.63, 3.8) is 0 Å². The van der Waals surface area contributed by atoms with Crippen LogP contribution in [0.3, 0.4) is 0 Å². The second-order valence-electron chi connectivity index (χ2n) is 6.57. The highest BCUT2D eigenvalue weighted by Crippen LogP contribution is 2.29. The average molecular weight is 417 g/mol. The molecule has 0 aliphatic heterocycles. The summed E-state index contributed by atoms with van der Waals surface area (Å²) in [4.78, 5) is 10.1. The number of nitrogens with zero attached hydrogens (tertiary/aromatic N) is 4. The van der Waals surface area contributed by atoms with Gasteiger partial charge in [0, 0.05) is 45.3 Å². The Kier molecular flexibility index (Phi) is 4.54. The maximum atomic E-state index is 11.6. The molecule has 0 saturated heterocycles. The minimum Gasteiger partial charge on any atom is -0.255 e. The first kappa shape index (κ1) is 17.9. The predicted molar refractivity (Wildman–Crippen MR) is 118 cm³/mol. The Morgan fingerprint density at radius 1 is 0.966 bits per heavy atom. The van der Waals surface area contributed by atoms with Crippen molar-refractivity contribution in [2.75, 3.05) is 6.26 Å². The van der Waals surface area contributed by atoms with Crippen LogP contribution in [0.4, 0.5) is 0 Å². The van der Waals surface area contributed by atoms with E-state index in [1.54, 1.807) is 28.5 Å². The van der Waals surface area contributed by atoms with Gasteiger partial charge < -0.3 is 0 Å². The molecule has 1 atom stereocenters. The second-order valence-corrected chi connectivity index (χ2v) is 8.73. The second kappa shape index (κ2) is 7.35. The summed E-state index contributed by atoms with van der Waals surface area (Å²) in [6.45, 7) is 0. The van der Waals surface area contributed by atoms with E-state index >= 15 is 0 Å². The van der Waals surface area contributed by atoms with Crippen molar-refractivity contribution in [3.8, 4) is 28.2 Å². The lowest BCUT2D eigenvalue weighted by Gasteiger charge is -2.06. The van der Waals surface area contributed by atoms with Crippen LogP contribution in [0, 0.1) is 0 Å². The summed E-state index contributed by atoms with van der Waals surface area (Å²) in [6.07, 6.45) is 7.22. The highest BCUT2D eigenvalue weighted by Gasteiger charge is 2.10. The molecule has 0 aliphatic rings. The zero-order valence-electron chi connectivity index (χ0n) is 15.5. The summed E-state index contributed by atoms with van der Waals surface area (Å²) in [7, 11) is -0.985. The predicted octanol–water partition coefficient (Wildman–Crippen LogP) is 4.95. The Bertz CT molecular complexity index is 1320. The number of benzene rings is 2. The van der Waals surface area contributed by atoms with Gasteiger partial charge in [0.05, 0.1) is 11.7 Å². The van der Waals surface area contributed by atoms with Crippen LogP contribution in [0.15, 0.2) is 82.8 Å². The number of thiophene rings is 1. The maximum absolute atomic E-state index is 11.6. The Hall–Kier alpha value is -3.16. The minimum absolute atomic E-state index is 0.525. The molecule has 5 rings (SSSR count). The molecule has 5 nitrogen and oxygen atoms in total. The summed E-state index contributed by atoms with van der Waals surface area (Å²) >= 11 is 1.67. The molecule has 0 aliphatic carbocycles. The van der Waals surface area contributed by atoms with E-state index in [1.807, 2.05) is 48.8 Å². The van der Waals surface area contributed by atoms with E-state index in [1.165, 1.54) is 5.56 Å². The number of hydrogen-bond acceptors (Lipinski definition) is 5.